The van der Waals surface area contributed by atoms with E-state index in [9.17, 15) is 0 Å². The molecule has 0 nitrogen and oxygen atoms in total. The van der Waals surface area contributed by atoms with Gasteiger partial charge in [0.1, 0.15) is 0 Å². The van der Waals surface area contributed by atoms with E-state index in [1.807, 2.05) is 13.8 Å². The fourth-order valence-corrected chi connectivity index (χ4v) is 0.405. The first-order valence-corrected chi connectivity index (χ1v) is 3.31. The van der Waals surface area contributed by atoms with Crippen LogP contribution in [0.3, 0.4) is 0 Å². The van der Waals surface area contributed by atoms with Gasteiger partial charge in [-0.3, -0.25) is 0 Å². The lowest BCUT2D eigenvalue weighted by Crippen LogP contribution is -1.78. The van der Waals surface area contributed by atoms with Crippen molar-refractivity contribution in [2.45, 2.75) is 25.1 Å². The van der Waals surface area contributed by atoms with E-state index in [-0.39, 0.29) is 0 Å². The number of halogens is 1. The van der Waals surface area contributed by atoms with Crippen molar-refractivity contribution in [3.63, 3.8) is 0 Å². The highest BCUT2D eigenvalue weighted by molar-refractivity contribution is 9.09. The average molecular weight is 161 g/mol. The molecule has 0 rings (SSSR count). The van der Waals surface area contributed by atoms with Crippen molar-refractivity contribution in [2.24, 2.45) is 0 Å². The van der Waals surface area contributed by atoms with Gasteiger partial charge < -0.3 is 0 Å². The second-order valence-corrected chi connectivity index (χ2v) is 2.66. The van der Waals surface area contributed by atoms with Crippen molar-refractivity contribution in [1.82, 2.24) is 0 Å². The molecular weight excluding hydrogens is 152 g/mol. The van der Waals surface area contributed by atoms with E-state index in [1.165, 1.54) is 0 Å². The average Bonchev–Trinajstić information content (AvgIpc) is 1.61. The molecule has 0 aliphatic heterocycles. The molecule has 1 heteroatoms. The standard InChI is InChI=1S/C6H9Br/c1-3-4-5-6(2)7/h6H,3H2,1-2H3/t6-/m1/s1. The zero-order valence-corrected chi connectivity index (χ0v) is 6.25. The van der Waals surface area contributed by atoms with Crippen molar-refractivity contribution in [3.05, 3.63) is 0 Å². The molecule has 0 aliphatic carbocycles. The molecule has 0 aromatic heterocycles. The fraction of sp³-hybridized carbons (Fsp3) is 0.667. The first kappa shape index (κ1) is 7.04. The van der Waals surface area contributed by atoms with E-state index in [0.29, 0.717) is 4.83 Å². The topological polar surface area (TPSA) is 0 Å². The zero-order valence-electron chi connectivity index (χ0n) is 4.66. The van der Waals surface area contributed by atoms with Crippen LogP contribution in [0, 0.1) is 11.8 Å². The lowest BCUT2D eigenvalue weighted by atomic mass is 10.4. The van der Waals surface area contributed by atoms with E-state index in [0.717, 1.165) is 6.42 Å². The Hall–Kier alpha value is 0.0400. The van der Waals surface area contributed by atoms with Gasteiger partial charge in [0.15, 0.2) is 0 Å². The van der Waals surface area contributed by atoms with Gasteiger partial charge in [0.2, 0.25) is 0 Å². The molecule has 0 saturated carbocycles. The van der Waals surface area contributed by atoms with Crippen LogP contribution in [0.2, 0.25) is 0 Å². The van der Waals surface area contributed by atoms with Gasteiger partial charge in [-0.05, 0) is 6.92 Å². The van der Waals surface area contributed by atoms with Crippen LogP contribution >= 0.6 is 15.9 Å². The molecule has 0 aromatic rings. The molecule has 0 amide bonds. The van der Waals surface area contributed by atoms with E-state index >= 15 is 0 Å². The predicted molar refractivity (Wildman–Crippen MR) is 36.5 cm³/mol. The number of hydrogen-bond acceptors (Lipinski definition) is 0. The lowest BCUT2D eigenvalue weighted by Gasteiger charge is -1.81. The van der Waals surface area contributed by atoms with Crippen molar-refractivity contribution in [2.75, 3.05) is 0 Å². The monoisotopic (exact) mass is 160 g/mol. The molecule has 0 fully saturated rings. The summed E-state index contributed by atoms with van der Waals surface area (Å²) in [6.07, 6.45) is 0.954. The van der Waals surface area contributed by atoms with Gasteiger partial charge in [-0.2, -0.15) is 0 Å². The second-order valence-electron chi connectivity index (χ2n) is 1.29. The quantitative estimate of drug-likeness (QED) is 0.377. The molecule has 0 radical (unpaired) electrons. The zero-order chi connectivity index (χ0) is 5.70. The Bertz CT molecular complexity index is 84.1. The Morgan fingerprint density at radius 1 is 1.71 bits per heavy atom. The summed E-state index contributed by atoms with van der Waals surface area (Å²) in [5.74, 6) is 5.91. The van der Waals surface area contributed by atoms with Crippen LogP contribution in [0.1, 0.15) is 20.3 Å². The van der Waals surface area contributed by atoms with E-state index in [4.69, 9.17) is 0 Å². The number of alkyl halides is 1. The molecule has 0 spiro atoms. The Labute approximate surface area is 53.4 Å². The van der Waals surface area contributed by atoms with Crippen LogP contribution in [0.4, 0.5) is 0 Å². The van der Waals surface area contributed by atoms with Gasteiger partial charge in [-0.25, -0.2) is 0 Å². The molecule has 0 heterocycles. The first-order chi connectivity index (χ1) is 3.27. The normalized spacial score (nSPS) is 11.9. The molecule has 7 heavy (non-hydrogen) atoms. The van der Waals surface area contributed by atoms with Gasteiger partial charge in [0, 0.05) is 6.42 Å². The molecule has 0 N–H and O–H groups in total. The third kappa shape index (κ3) is 6.04. The molecule has 1 atom stereocenters. The Balaban J connectivity index is 3.24. The summed E-state index contributed by atoms with van der Waals surface area (Å²) in [5.41, 5.74) is 0. The summed E-state index contributed by atoms with van der Waals surface area (Å²) in [4.78, 5) is 0.354. The maximum Gasteiger partial charge on any atom is 0.0726 e. The van der Waals surface area contributed by atoms with Crippen LogP contribution in [-0.4, -0.2) is 4.83 Å². The minimum absolute atomic E-state index is 0.354. The van der Waals surface area contributed by atoms with E-state index in [1.54, 1.807) is 0 Å². The van der Waals surface area contributed by atoms with Crippen molar-refractivity contribution in [3.8, 4) is 11.8 Å². The Kier molecular flexibility index (Phi) is 4.23. The summed E-state index contributed by atoms with van der Waals surface area (Å²) in [7, 11) is 0. The van der Waals surface area contributed by atoms with Crippen LogP contribution in [0.25, 0.3) is 0 Å². The highest BCUT2D eigenvalue weighted by Gasteiger charge is 1.79. The minimum atomic E-state index is 0.354. The third-order valence-electron chi connectivity index (χ3n) is 0.478. The van der Waals surface area contributed by atoms with Gasteiger partial charge in [-0.1, -0.05) is 28.8 Å². The van der Waals surface area contributed by atoms with E-state index in [2.05, 4.69) is 27.8 Å². The molecular formula is C6H9Br. The van der Waals surface area contributed by atoms with Crippen molar-refractivity contribution >= 4 is 15.9 Å². The SMILES string of the molecule is CCC#C[C@@H](C)Br. The fourth-order valence-electron chi connectivity index (χ4n) is 0.243. The molecule has 0 aromatic carbocycles. The van der Waals surface area contributed by atoms with Gasteiger partial charge in [0.25, 0.3) is 0 Å². The van der Waals surface area contributed by atoms with Gasteiger partial charge in [-0.15, -0.1) is 5.92 Å². The van der Waals surface area contributed by atoms with Gasteiger partial charge in [0.05, 0.1) is 4.83 Å². The Morgan fingerprint density at radius 3 is 2.43 bits per heavy atom. The third-order valence-corrected chi connectivity index (χ3v) is 0.707. The first-order valence-electron chi connectivity index (χ1n) is 2.39. The molecule has 0 aliphatic rings. The number of rotatable bonds is 0. The van der Waals surface area contributed by atoms with Crippen molar-refractivity contribution in [1.29, 1.82) is 0 Å². The Morgan fingerprint density at radius 2 is 2.29 bits per heavy atom. The molecule has 0 unspecified atom stereocenters. The van der Waals surface area contributed by atoms with Crippen LogP contribution in [0.5, 0.6) is 0 Å². The van der Waals surface area contributed by atoms with Crippen LogP contribution in [0.15, 0.2) is 0 Å². The minimum Gasteiger partial charge on any atom is -0.102 e. The molecule has 0 bridgehead atoms. The highest BCUT2D eigenvalue weighted by Crippen LogP contribution is 1.92. The van der Waals surface area contributed by atoms with Crippen LogP contribution in [-0.2, 0) is 0 Å². The van der Waals surface area contributed by atoms with Crippen LogP contribution < -0.4 is 0 Å². The van der Waals surface area contributed by atoms with E-state index < -0.39 is 0 Å². The predicted octanol–water partition coefficient (Wildman–Crippen LogP) is 2.18. The second kappa shape index (κ2) is 4.21. The molecule has 40 valence electrons. The summed E-state index contributed by atoms with van der Waals surface area (Å²) >= 11 is 3.30. The summed E-state index contributed by atoms with van der Waals surface area (Å²) in [6.45, 7) is 4.06. The largest absolute Gasteiger partial charge is 0.102 e. The summed E-state index contributed by atoms with van der Waals surface area (Å²) in [5, 5.41) is 0. The summed E-state index contributed by atoms with van der Waals surface area (Å²) < 4.78 is 0. The maximum atomic E-state index is 3.30. The smallest absolute Gasteiger partial charge is 0.0726 e. The summed E-state index contributed by atoms with van der Waals surface area (Å²) in [6, 6.07) is 0. The maximum absolute atomic E-state index is 3.30. The number of hydrogen-bond donors (Lipinski definition) is 0. The molecule has 0 saturated heterocycles. The highest BCUT2D eigenvalue weighted by atomic mass is 79.9. The lowest BCUT2D eigenvalue weighted by molar-refractivity contribution is 1.25. The van der Waals surface area contributed by atoms with Crippen molar-refractivity contribution < 1.29 is 0 Å². The van der Waals surface area contributed by atoms with Gasteiger partial charge >= 0.3 is 0 Å².